The Balaban J connectivity index is 1.53. The minimum atomic E-state index is -0.000404. The molecular weight excluding hydrogens is 358 g/mol. The summed E-state index contributed by atoms with van der Waals surface area (Å²) in [5, 5.41) is 0. The summed E-state index contributed by atoms with van der Waals surface area (Å²) in [7, 11) is 1.67. The molecule has 150 valence electrons. The molecular formula is C21H27N3O4. The first-order valence-electron chi connectivity index (χ1n) is 9.87. The van der Waals surface area contributed by atoms with Gasteiger partial charge in [-0.2, -0.15) is 0 Å². The highest BCUT2D eigenvalue weighted by Gasteiger charge is 2.26. The van der Waals surface area contributed by atoms with Gasteiger partial charge in [0.05, 0.1) is 7.11 Å². The van der Waals surface area contributed by atoms with E-state index in [1.807, 2.05) is 26.0 Å². The number of hydrogen-bond donors (Lipinski definition) is 1. The summed E-state index contributed by atoms with van der Waals surface area (Å²) in [6.07, 6.45) is 2.80. The van der Waals surface area contributed by atoms with Crippen molar-refractivity contribution in [3.63, 3.8) is 0 Å². The van der Waals surface area contributed by atoms with Crippen LogP contribution in [-0.4, -0.2) is 41.9 Å². The van der Waals surface area contributed by atoms with E-state index in [-0.39, 0.29) is 18.3 Å². The number of aromatic nitrogens is 2. The van der Waals surface area contributed by atoms with Crippen molar-refractivity contribution in [1.82, 2.24) is 14.9 Å². The molecule has 2 aromatic rings. The van der Waals surface area contributed by atoms with Crippen molar-refractivity contribution in [2.24, 2.45) is 0 Å². The number of likely N-dealkylation sites (tertiary alicyclic amines) is 1. The van der Waals surface area contributed by atoms with Gasteiger partial charge in [0, 0.05) is 41.9 Å². The van der Waals surface area contributed by atoms with E-state index in [1.165, 1.54) is 0 Å². The molecule has 7 nitrogen and oxygen atoms in total. The van der Waals surface area contributed by atoms with Gasteiger partial charge in [-0.05, 0) is 38.8 Å². The maximum absolute atomic E-state index is 12.3. The highest BCUT2D eigenvalue weighted by atomic mass is 16.7. The zero-order chi connectivity index (χ0) is 19.7. The van der Waals surface area contributed by atoms with Crippen molar-refractivity contribution in [3.8, 4) is 17.2 Å². The van der Waals surface area contributed by atoms with Gasteiger partial charge in [0.1, 0.15) is 11.6 Å². The van der Waals surface area contributed by atoms with Crippen LogP contribution in [0.3, 0.4) is 0 Å². The molecule has 2 aliphatic heterocycles. The van der Waals surface area contributed by atoms with Crippen LogP contribution in [0.25, 0.3) is 0 Å². The Labute approximate surface area is 164 Å². The number of aromatic amines is 1. The number of aryl methyl sites for hydroxylation is 1. The maximum atomic E-state index is 12.3. The lowest BCUT2D eigenvalue weighted by atomic mass is 9.96. The first-order valence-corrected chi connectivity index (χ1v) is 9.87. The van der Waals surface area contributed by atoms with Crippen molar-refractivity contribution in [2.75, 3.05) is 27.0 Å². The van der Waals surface area contributed by atoms with E-state index in [0.717, 1.165) is 72.4 Å². The molecule has 4 rings (SSSR count). The van der Waals surface area contributed by atoms with Gasteiger partial charge in [0.2, 0.25) is 6.79 Å². The lowest BCUT2D eigenvalue weighted by Crippen LogP contribution is -2.35. The zero-order valence-electron chi connectivity index (χ0n) is 16.7. The van der Waals surface area contributed by atoms with Crippen LogP contribution in [0.2, 0.25) is 0 Å². The van der Waals surface area contributed by atoms with Gasteiger partial charge >= 0.3 is 0 Å². The first-order chi connectivity index (χ1) is 13.6. The molecule has 0 unspecified atom stereocenters. The standard InChI is InChI=1S/C21H27N3O4/c1-4-16-13(2)22-20(23-21(16)25)14-6-5-7-24(10-14)11-15-8-18-19(28-12-27-18)9-17(15)26-3/h8-9,14H,4-7,10-12H2,1-3H3,(H,22,23,25)/t14-/m1/s1. The Morgan fingerprint density at radius 1 is 1.32 bits per heavy atom. The molecule has 0 spiro atoms. The van der Waals surface area contributed by atoms with Crippen LogP contribution < -0.4 is 19.8 Å². The number of methoxy groups -OCH3 is 1. The van der Waals surface area contributed by atoms with Crippen LogP contribution in [0.5, 0.6) is 17.2 Å². The Kier molecular flexibility index (Phi) is 5.26. The van der Waals surface area contributed by atoms with E-state index in [2.05, 4.69) is 9.88 Å². The Morgan fingerprint density at radius 3 is 2.82 bits per heavy atom. The molecule has 1 fully saturated rings. The Bertz CT molecular complexity index is 925. The molecule has 7 heteroatoms. The fraction of sp³-hybridized carbons (Fsp3) is 0.524. The monoisotopic (exact) mass is 385 g/mol. The first kappa shape index (κ1) is 18.8. The summed E-state index contributed by atoms with van der Waals surface area (Å²) in [5.41, 5.74) is 2.70. The molecule has 3 heterocycles. The number of benzene rings is 1. The van der Waals surface area contributed by atoms with Crippen molar-refractivity contribution in [3.05, 3.63) is 45.1 Å². The number of fused-ring (bicyclic) bond motifs is 1. The summed E-state index contributed by atoms with van der Waals surface area (Å²) >= 11 is 0. The average molecular weight is 385 g/mol. The molecule has 1 saturated heterocycles. The fourth-order valence-corrected chi connectivity index (χ4v) is 4.18. The third-order valence-electron chi connectivity index (χ3n) is 5.66. The van der Waals surface area contributed by atoms with E-state index in [4.69, 9.17) is 19.2 Å². The van der Waals surface area contributed by atoms with Gasteiger partial charge in [-0.3, -0.25) is 9.69 Å². The molecule has 1 aromatic carbocycles. The lowest BCUT2D eigenvalue weighted by Gasteiger charge is -2.32. The second-order valence-corrected chi connectivity index (χ2v) is 7.46. The minimum absolute atomic E-state index is 0.000404. The molecule has 0 amide bonds. The second-order valence-electron chi connectivity index (χ2n) is 7.46. The smallest absolute Gasteiger partial charge is 0.254 e. The number of nitrogens with one attached hydrogen (secondary N) is 1. The van der Waals surface area contributed by atoms with Crippen molar-refractivity contribution < 1.29 is 14.2 Å². The van der Waals surface area contributed by atoms with Gasteiger partial charge in [0.25, 0.3) is 5.56 Å². The number of piperidine rings is 1. The topological polar surface area (TPSA) is 76.7 Å². The summed E-state index contributed by atoms with van der Waals surface area (Å²) in [6, 6.07) is 3.90. The zero-order valence-corrected chi connectivity index (χ0v) is 16.7. The van der Waals surface area contributed by atoms with Crippen LogP contribution in [0.4, 0.5) is 0 Å². The van der Waals surface area contributed by atoms with Gasteiger partial charge in [-0.15, -0.1) is 0 Å². The summed E-state index contributed by atoms with van der Waals surface area (Å²) in [6.45, 7) is 6.78. The third kappa shape index (κ3) is 3.58. The molecule has 1 N–H and O–H groups in total. The Hall–Kier alpha value is -2.54. The maximum Gasteiger partial charge on any atom is 0.254 e. The molecule has 1 atom stereocenters. The van der Waals surface area contributed by atoms with Crippen LogP contribution in [-0.2, 0) is 13.0 Å². The molecule has 1 aromatic heterocycles. The molecule has 0 radical (unpaired) electrons. The fourth-order valence-electron chi connectivity index (χ4n) is 4.18. The van der Waals surface area contributed by atoms with E-state index >= 15 is 0 Å². The number of ether oxygens (including phenoxy) is 3. The Morgan fingerprint density at radius 2 is 2.11 bits per heavy atom. The van der Waals surface area contributed by atoms with E-state index < -0.39 is 0 Å². The quantitative estimate of drug-likeness (QED) is 0.853. The average Bonchev–Trinajstić information content (AvgIpc) is 3.14. The number of hydrogen-bond acceptors (Lipinski definition) is 6. The van der Waals surface area contributed by atoms with Crippen LogP contribution in [0.1, 0.15) is 48.3 Å². The summed E-state index contributed by atoms with van der Waals surface area (Å²) < 4.78 is 16.5. The third-order valence-corrected chi connectivity index (χ3v) is 5.66. The van der Waals surface area contributed by atoms with E-state index in [9.17, 15) is 4.79 Å². The largest absolute Gasteiger partial charge is 0.496 e. The summed E-state index contributed by atoms with van der Waals surface area (Å²) in [4.78, 5) is 22.5. The molecule has 2 aliphatic rings. The van der Waals surface area contributed by atoms with E-state index in [0.29, 0.717) is 6.42 Å². The number of rotatable bonds is 5. The van der Waals surface area contributed by atoms with Crippen molar-refractivity contribution in [1.29, 1.82) is 0 Å². The number of nitrogens with zero attached hydrogens (tertiary/aromatic N) is 2. The minimum Gasteiger partial charge on any atom is -0.496 e. The van der Waals surface area contributed by atoms with Crippen molar-refractivity contribution >= 4 is 0 Å². The highest BCUT2D eigenvalue weighted by Crippen LogP contribution is 2.39. The predicted octanol–water partition coefficient (Wildman–Crippen LogP) is 2.76. The van der Waals surface area contributed by atoms with Crippen LogP contribution >= 0.6 is 0 Å². The SMILES string of the molecule is CCc1c(C)nc([C@@H]2CCCN(Cc3cc4c(cc3OC)OCO4)C2)[nH]c1=O. The van der Waals surface area contributed by atoms with Crippen LogP contribution in [0.15, 0.2) is 16.9 Å². The van der Waals surface area contributed by atoms with Gasteiger partial charge < -0.3 is 19.2 Å². The predicted molar refractivity (Wildman–Crippen MR) is 105 cm³/mol. The molecule has 28 heavy (non-hydrogen) atoms. The van der Waals surface area contributed by atoms with Crippen molar-refractivity contribution in [2.45, 2.75) is 45.6 Å². The molecule has 0 saturated carbocycles. The summed E-state index contributed by atoms with van der Waals surface area (Å²) in [5.74, 6) is 3.33. The second kappa shape index (κ2) is 7.83. The normalized spacial score (nSPS) is 19.0. The van der Waals surface area contributed by atoms with Gasteiger partial charge in [0.15, 0.2) is 11.5 Å². The van der Waals surface area contributed by atoms with Crippen LogP contribution in [0, 0.1) is 6.92 Å². The van der Waals surface area contributed by atoms with Gasteiger partial charge in [-0.1, -0.05) is 6.92 Å². The lowest BCUT2D eigenvalue weighted by molar-refractivity contribution is 0.173. The molecule has 0 bridgehead atoms. The highest BCUT2D eigenvalue weighted by molar-refractivity contribution is 5.51. The number of H-pyrrole nitrogens is 1. The van der Waals surface area contributed by atoms with E-state index in [1.54, 1.807) is 7.11 Å². The molecule has 0 aliphatic carbocycles. The van der Waals surface area contributed by atoms with Gasteiger partial charge in [-0.25, -0.2) is 4.98 Å².